The average molecular weight is 251 g/mol. The van der Waals surface area contributed by atoms with Gasteiger partial charge in [-0.3, -0.25) is 0 Å². The Morgan fingerprint density at radius 3 is 1.80 bits per heavy atom. The number of hydrogen-bond acceptors (Lipinski definition) is 3. The fraction of sp³-hybridized carbons (Fsp3) is 0. The van der Waals surface area contributed by atoms with Crippen molar-refractivity contribution in [3.05, 3.63) is 0 Å². The van der Waals surface area contributed by atoms with E-state index in [1.54, 1.807) is 0 Å². The number of rotatable bonds is 1. The van der Waals surface area contributed by atoms with Crippen LogP contribution in [-0.4, -0.2) is 17.4 Å². The van der Waals surface area contributed by atoms with Crippen molar-refractivity contribution >= 4 is 7.32 Å². The van der Waals surface area contributed by atoms with Gasteiger partial charge in [-0.1, -0.05) is 0 Å². The van der Waals surface area contributed by atoms with E-state index in [0.29, 0.717) is 0 Å². The Balaban J connectivity index is 2.54. The molecule has 0 saturated heterocycles. The van der Waals surface area contributed by atoms with Crippen LogP contribution in [0.15, 0.2) is 0 Å². The summed E-state index contributed by atoms with van der Waals surface area (Å²) < 4.78 is 3.89. The van der Waals surface area contributed by atoms with E-state index in [1.807, 2.05) is 0 Å². The summed E-state index contributed by atoms with van der Waals surface area (Å²) >= 11 is 1.03. The van der Waals surface area contributed by atoms with Crippen LogP contribution in [-0.2, 0) is 22.4 Å². The van der Waals surface area contributed by atoms with Crippen molar-refractivity contribution in [3.8, 4) is 0 Å². The molecule has 3 nitrogen and oxygen atoms in total. The van der Waals surface area contributed by atoms with Gasteiger partial charge in [0.15, 0.2) is 0 Å². The normalized spacial score (nSPS) is 7.80. The first-order valence-electron chi connectivity index (χ1n) is 0.896. The van der Waals surface area contributed by atoms with Gasteiger partial charge in [0.1, 0.15) is 0 Å². The van der Waals surface area contributed by atoms with Crippen molar-refractivity contribution < 1.29 is 32.5 Å². The minimum absolute atomic E-state index is 1.03. The third-order valence-electron chi connectivity index (χ3n) is 0.0745. The van der Waals surface area contributed by atoms with Gasteiger partial charge in [-0.2, -0.15) is 0 Å². The molecular weight excluding hydrogens is 249 g/mol. The van der Waals surface area contributed by atoms with Crippen LogP contribution in [0.5, 0.6) is 0 Å². The standard InChI is InChI=1S/BH2O3.Os/c2-1(3)4;/h2-3H;/q-1;+1. The van der Waals surface area contributed by atoms with Gasteiger partial charge in [-0.15, -0.1) is 0 Å². The SMILES string of the molecule is OB(O)[O][Os]. The molecule has 0 fully saturated rings. The van der Waals surface area contributed by atoms with E-state index in [4.69, 9.17) is 10.0 Å². The molecule has 0 heterocycles. The van der Waals surface area contributed by atoms with Gasteiger partial charge in [0.25, 0.3) is 0 Å². The molecule has 31 valence electrons. The zero-order valence-electron chi connectivity index (χ0n) is 2.23. The van der Waals surface area contributed by atoms with Crippen LogP contribution in [0.25, 0.3) is 0 Å². The van der Waals surface area contributed by atoms with E-state index in [-0.39, 0.29) is 0 Å². The molecule has 0 saturated carbocycles. The molecule has 0 radical (unpaired) electrons. The van der Waals surface area contributed by atoms with Crippen molar-refractivity contribution in [2.75, 3.05) is 0 Å². The van der Waals surface area contributed by atoms with E-state index in [9.17, 15) is 0 Å². The van der Waals surface area contributed by atoms with E-state index in [0.717, 1.165) is 19.0 Å². The Kier molecular flexibility index (Phi) is 3.13. The summed E-state index contributed by atoms with van der Waals surface area (Å²) in [5.41, 5.74) is 0. The maximum atomic E-state index is 7.70. The van der Waals surface area contributed by atoms with Crippen molar-refractivity contribution in [2.45, 2.75) is 0 Å². The second-order valence-electron chi connectivity index (χ2n) is 0.410. The summed E-state index contributed by atoms with van der Waals surface area (Å²) in [6, 6.07) is 0. The second kappa shape index (κ2) is 2.80. The zero-order chi connectivity index (χ0) is 4.28. The third kappa shape index (κ3) is 4.58. The van der Waals surface area contributed by atoms with Crippen LogP contribution in [0.4, 0.5) is 0 Å². The van der Waals surface area contributed by atoms with Gasteiger partial charge >= 0.3 is 39.8 Å². The molecule has 0 aliphatic carbocycles. The van der Waals surface area contributed by atoms with Gasteiger partial charge in [0.2, 0.25) is 0 Å². The number of hydrogen-bond donors (Lipinski definition) is 2. The predicted octanol–water partition coefficient (Wildman–Crippen LogP) is -1.57. The Bertz CT molecular complexity index is 20.9. The van der Waals surface area contributed by atoms with Crippen molar-refractivity contribution in [3.63, 3.8) is 0 Å². The van der Waals surface area contributed by atoms with E-state index < -0.39 is 7.32 Å². The zero-order valence-corrected chi connectivity index (χ0v) is 4.77. The summed E-state index contributed by atoms with van der Waals surface area (Å²) in [5.74, 6) is 0. The van der Waals surface area contributed by atoms with E-state index in [1.165, 1.54) is 0 Å². The van der Waals surface area contributed by atoms with Crippen LogP contribution in [0.1, 0.15) is 0 Å². The Labute approximate surface area is 40.5 Å². The molecule has 0 aliphatic rings. The first kappa shape index (κ1) is 5.58. The molecule has 5 heteroatoms. The summed E-state index contributed by atoms with van der Waals surface area (Å²) in [5, 5.41) is 15.4. The van der Waals surface area contributed by atoms with E-state index in [2.05, 4.69) is 3.45 Å². The maximum absolute atomic E-state index is 7.70. The van der Waals surface area contributed by atoms with Crippen LogP contribution < -0.4 is 0 Å². The van der Waals surface area contributed by atoms with Crippen molar-refractivity contribution in [1.82, 2.24) is 0 Å². The molecule has 5 heavy (non-hydrogen) atoms. The van der Waals surface area contributed by atoms with Crippen LogP contribution in [0.2, 0.25) is 0 Å². The van der Waals surface area contributed by atoms with Gasteiger partial charge in [-0.05, 0) is 0 Å². The fourth-order valence-corrected chi connectivity index (χ4v) is 0. The van der Waals surface area contributed by atoms with E-state index >= 15 is 0 Å². The molecule has 2 N–H and O–H groups in total. The molecule has 0 aliphatic heterocycles. The first-order chi connectivity index (χ1) is 2.27. The summed E-state index contributed by atoms with van der Waals surface area (Å²) in [4.78, 5) is 0. The molecule has 0 aromatic rings. The van der Waals surface area contributed by atoms with Gasteiger partial charge < -0.3 is 0 Å². The molecule has 0 aromatic heterocycles. The summed E-state index contributed by atoms with van der Waals surface area (Å²) in [6.45, 7) is 0. The molecule has 0 bridgehead atoms. The molecule has 0 rings (SSSR count). The van der Waals surface area contributed by atoms with Crippen molar-refractivity contribution in [1.29, 1.82) is 0 Å². The molecule has 0 spiro atoms. The molecule has 0 amide bonds. The van der Waals surface area contributed by atoms with Crippen LogP contribution in [0.3, 0.4) is 0 Å². The fourth-order valence-electron chi connectivity index (χ4n) is 0. The molecule has 0 unspecified atom stereocenters. The Morgan fingerprint density at radius 1 is 1.60 bits per heavy atom. The quantitative estimate of drug-likeness (QED) is 0.554. The summed E-state index contributed by atoms with van der Waals surface area (Å²) in [6.07, 6.45) is 0. The predicted molar refractivity (Wildman–Crippen MR) is 11.3 cm³/mol. The second-order valence-corrected chi connectivity index (χ2v) is 1.01. The van der Waals surface area contributed by atoms with Gasteiger partial charge in [0.05, 0.1) is 0 Å². The Morgan fingerprint density at radius 2 is 1.80 bits per heavy atom. The Hall–Kier alpha value is 0.581. The van der Waals surface area contributed by atoms with Crippen LogP contribution >= 0.6 is 0 Å². The average Bonchev–Trinajstić information content (AvgIpc) is 1.38. The van der Waals surface area contributed by atoms with Gasteiger partial charge in [-0.25, -0.2) is 0 Å². The molecule has 0 aromatic carbocycles. The summed E-state index contributed by atoms with van der Waals surface area (Å²) in [7, 11) is -1.60. The minimum atomic E-state index is -1.60. The third-order valence-corrected chi connectivity index (χ3v) is 0.610. The van der Waals surface area contributed by atoms with Gasteiger partial charge in [0, 0.05) is 0 Å². The monoisotopic (exact) mass is 253 g/mol. The topological polar surface area (TPSA) is 49.7 Å². The first-order valence-corrected chi connectivity index (χ1v) is 1.93. The van der Waals surface area contributed by atoms with Crippen LogP contribution in [0, 0.1) is 0 Å². The van der Waals surface area contributed by atoms with Crippen molar-refractivity contribution in [2.24, 2.45) is 0 Å². The molecule has 0 atom stereocenters. The molecular formula is H2BO3Os.